The van der Waals surface area contributed by atoms with Crippen LogP contribution in [0.4, 0.5) is 16.6 Å². The third-order valence-corrected chi connectivity index (χ3v) is 5.81. The van der Waals surface area contributed by atoms with Gasteiger partial charge in [-0.25, -0.2) is 9.78 Å². The predicted octanol–water partition coefficient (Wildman–Crippen LogP) is 4.08. The lowest BCUT2D eigenvalue weighted by Gasteiger charge is -2.23. The van der Waals surface area contributed by atoms with E-state index in [1.807, 2.05) is 13.1 Å². The van der Waals surface area contributed by atoms with Crippen molar-refractivity contribution in [2.75, 3.05) is 16.8 Å². The van der Waals surface area contributed by atoms with Crippen LogP contribution < -0.4 is 10.2 Å². The molecular weight excluding hydrogens is 354 g/mol. The topological polar surface area (TPSA) is 80.2 Å². The van der Waals surface area contributed by atoms with E-state index in [1.165, 1.54) is 12.8 Å². The summed E-state index contributed by atoms with van der Waals surface area (Å²) in [5, 5.41) is 3.31. The van der Waals surface area contributed by atoms with Crippen molar-refractivity contribution in [2.45, 2.75) is 58.0 Å². The minimum absolute atomic E-state index is 0.00441. The molecule has 1 unspecified atom stereocenters. The molecule has 2 aromatic heterocycles. The highest BCUT2D eigenvalue weighted by molar-refractivity contribution is 5.89. The molecule has 7 nitrogen and oxygen atoms in total. The fraction of sp³-hybridized carbons (Fsp3) is 0.524. The first-order valence-electron chi connectivity index (χ1n) is 9.89. The average Bonchev–Trinajstić information content (AvgIpc) is 3.31. The number of aromatic nitrogens is 3. The summed E-state index contributed by atoms with van der Waals surface area (Å²) in [5.41, 5.74) is 2.50. The van der Waals surface area contributed by atoms with E-state index in [2.05, 4.69) is 53.2 Å². The lowest BCUT2D eigenvalue weighted by molar-refractivity contribution is 0.177. The minimum atomic E-state index is -0.357. The summed E-state index contributed by atoms with van der Waals surface area (Å²) in [6.07, 6.45) is 5.65. The van der Waals surface area contributed by atoms with Gasteiger partial charge in [0.1, 0.15) is 12.4 Å². The molecule has 2 aliphatic rings. The summed E-state index contributed by atoms with van der Waals surface area (Å²) in [7, 11) is 0. The van der Waals surface area contributed by atoms with Crippen LogP contribution in [0, 0.1) is 5.92 Å². The quantitative estimate of drug-likeness (QED) is 0.812. The van der Waals surface area contributed by atoms with Gasteiger partial charge in [0.25, 0.3) is 0 Å². The summed E-state index contributed by atoms with van der Waals surface area (Å²) in [4.78, 5) is 27.3. The van der Waals surface area contributed by atoms with E-state index >= 15 is 0 Å². The molecule has 148 valence electrons. The van der Waals surface area contributed by atoms with E-state index in [-0.39, 0.29) is 29.5 Å². The van der Waals surface area contributed by atoms with E-state index in [4.69, 9.17) is 4.74 Å². The summed E-state index contributed by atoms with van der Waals surface area (Å²) < 4.78 is 5.23. The summed E-state index contributed by atoms with van der Waals surface area (Å²) >= 11 is 0. The van der Waals surface area contributed by atoms with Crippen LogP contribution in [0.3, 0.4) is 0 Å². The van der Waals surface area contributed by atoms with E-state index in [0.29, 0.717) is 18.4 Å². The van der Waals surface area contributed by atoms with Gasteiger partial charge in [-0.15, -0.1) is 0 Å². The molecule has 0 spiro atoms. The normalized spacial score (nSPS) is 21.5. The Morgan fingerprint density at radius 2 is 2.00 bits per heavy atom. The maximum atomic E-state index is 12.2. The van der Waals surface area contributed by atoms with Crippen LogP contribution >= 0.6 is 0 Å². The van der Waals surface area contributed by atoms with Gasteiger partial charge in [0.05, 0.1) is 12.1 Å². The highest BCUT2D eigenvalue weighted by Crippen LogP contribution is 2.46. The molecule has 4 rings (SSSR count). The van der Waals surface area contributed by atoms with Gasteiger partial charge in [-0.05, 0) is 43.4 Å². The molecule has 1 saturated heterocycles. The first kappa shape index (κ1) is 18.7. The fourth-order valence-corrected chi connectivity index (χ4v) is 3.48. The third kappa shape index (κ3) is 3.53. The summed E-state index contributed by atoms with van der Waals surface area (Å²) in [6, 6.07) is 5.94. The Hall–Kier alpha value is -2.70. The number of pyridine rings is 1. The van der Waals surface area contributed by atoms with Gasteiger partial charge in [0.15, 0.2) is 0 Å². The number of nitrogens with one attached hydrogen (secondary N) is 1. The number of hydrogen-bond donors (Lipinski definition) is 1. The molecule has 28 heavy (non-hydrogen) atoms. The predicted molar refractivity (Wildman–Crippen MR) is 107 cm³/mol. The molecular formula is C21H27N5O2. The third-order valence-electron chi connectivity index (χ3n) is 5.81. The van der Waals surface area contributed by atoms with Crippen LogP contribution in [0.1, 0.15) is 57.8 Å². The highest BCUT2D eigenvalue weighted by Gasteiger charge is 2.40. The molecule has 1 amide bonds. The van der Waals surface area contributed by atoms with Gasteiger partial charge in [-0.3, -0.25) is 9.88 Å². The zero-order valence-corrected chi connectivity index (χ0v) is 16.8. The Morgan fingerprint density at radius 3 is 2.64 bits per heavy atom. The van der Waals surface area contributed by atoms with Crippen molar-refractivity contribution in [3.05, 3.63) is 41.9 Å². The molecule has 3 heterocycles. The SMILES string of the molecule is CC(C)C1COC(=O)N1c1ccnc(N[C@@H](C)c2ccc(C3(C)CC3)nc2)n1. The van der Waals surface area contributed by atoms with Gasteiger partial charge in [0, 0.05) is 23.5 Å². The van der Waals surface area contributed by atoms with Gasteiger partial charge >= 0.3 is 6.09 Å². The number of hydrogen-bond acceptors (Lipinski definition) is 6. The Morgan fingerprint density at radius 1 is 1.21 bits per heavy atom. The zero-order valence-electron chi connectivity index (χ0n) is 16.8. The molecule has 1 N–H and O–H groups in total. The van der Waals surface area contributed by atoms with Crippen molar-refractivity contribution < 1.29 is 9.53 Å². The molecule has 0 radical (unpaired) electrons. The molecule has 2 fully saturated rings. The number of rotatable bonds is 6. The maximum absolute atomic E-state index is 12.2. The van der Waals surface area contributed by atoms with Crippen molar-refractivity contribution in [1.82, 2.24) is 15.0 Å². The van der Waals surface area contributed by atoms with Crippen molar-refractivity contribution in [2.24, 2.45) is 5.92 Å². The second kappa shape index (κ2) is 7.04. The number of amides is 1. The van der Waals surface area contributed by atoms with E-state index in [9.17, 15) is 4.79 Å². The second-order valence-electron chi connectivity index (χ2n) is 8.40. The lowest BCUT2D eigenvalue weighted by Crippen LogP contribution is -2.37. The monoisotopic (exact) mass is 381 g/mol. The van der Waals surface area contributed by atoms with Gasteiger partial charge < -0.3 is 10.1 Å². The fourth-order valence-electron chi connectivity index (χ4n) is 3.48. The van der Waals surface area contributed by atoms with Crippen LogP contribution in [0.25, 0.3) is 0 Å². The van der Waals surface area contributed by atoms with Gasteiger partial charge in [-0.1, -0.05) is 26.8 Å². The smallest absolute Gasteiger partial charge is 0.415 e. The average molecular weight is 381 g/mol. The molecule has 7 heteroatoms. The largest absolute Gasteiger partial charge is 0.447 e. The Balaban J connectivity index is 1.49. The van der Waals surface area contributed by atoms with Crippen LogP contribution in [0.5, 0.6) is 0 Å². The van der Waals surface area contributed by atoms with E-state index in [1.54, 1.807) is 17.2 Å². The van der Waals surface area contributed by atoms with E-state index in [0.717, 1.165) is 11.3 Å². The molecule has 2 aromatic rings. The number of anilines is 2. The van der Waals surface area contributed by atoms with Gasteiger partial charge in [-0.2, -0.15) is 4.98 Å². The number of ether oxygens (including phenoxy) is 1. The van der Waals surface area contributed by atoms with Crippen molar-refractivity contribution in [1.29, 1.82) is 0 Å². The van der Waals surface area contributed by atoms with Crippen molar-refractivity contribution >= 4 is 17.9 Å². The van der Waals surface area contributed by atoms with Crippen LogP contribution in [0.2, 0.25) is 0 Å². The Bertz CT molecular complexity index is 863. The van der Waals surface area contributed by atoms with Crippen LogP contribution in [0.15, 0.2) is 30.6 Å². The minimum Gasteiger partial charge on any atom is -0.447 e. The molecule has 1 aliphatic heterocycles. The maximum Gasteiger partial charge on any atom is 0.415 e. The van der Waals surface area contributed by atoms with Gasteiger partial charge in [0.2, 0.25) is 5.95 Å². The summed E-state index contributed by atoms with van der Waals surface area (Å²) in [6.45, 7) is 8.83. The van der Waals surface area contributed by atoms with E-state index < -0.39 is 0 Å². The van der Waals surface area contributed by atoms with Crippen LogP contribution in [-0.4, -0.2) is 33.7 Å². The standard InChI is InChI=1S/C21H27N5O2/c1-13(2)16-12-28-20(27)26(16)18-7-10-22-19(25-18)24-14(3)15-5-6-17(23-11-15)21(4)8-9-21/h5-7,10-11,13-14,16H,8-9,12H2,1-4H3,(H,22,24,25)/t14-,16?/m0/s1. The first-order valence-corrected chi connectivity index (χ1v) is 9.89. The molecule has 0 bridgehead atoms. The molecule has 0 aromatic carbocycles. The summed E-state index contributed by atoms with van der Waals surface area (Å²) in [5.74, 6) is 1.31. The van der Waals surface area contributed by atoms with Crippen molar-refractivity contribution in [3.63, 3.8) is 0 Å². The molecule has 1 saturated carbocycles. The highest BCUT2D eigenvalue weighted by atomic mass is 16.6. The Kier molecular flexibility index (Phi) is 4.69. The first-order chi connectivity index (χ1) is 13.4. The molecule has 1 aliphatic carbocycles. The number of nitrogens with zero attached hydrogens (tertiary/aromatic N) is 4. The number of carbonyl (C=O) groups is 1. The Labute approximate surface area is 165 Å². The van der Waals surface area contributed by atoms with Crippen molar-refractivity contribution in [3.8, 4) is 0 Å². The number of cyclic esters (lactones) is 1. The second-order valence-corrected chi connectivity index (χ2v) is 8.40. The van der Waals surface area contributed by atoms with Crippen LogP contribution in [-0.2, 0) is 10.2 Å². The lowest BCUT2D eigenvalue weighted by atomic mass is 10.0. The number of carbonyl (C=O) groups excluding carboxylic acids is 1. The zero-order chi connectivity index (χ0) is 19.9. The molecule has 2 atom stereocenters.